The van der Waals surface area contributed by atoms with Crippen LogP contribution in [0.1, 0.15) is 18.4 Å². The van der Waals surface area contributed by atoms with E-state index in [2.05, 4.69) is 26.7 Å². The molecule has 100 valence electrons. The van der Waals surface area contributed by atoms with E-state index in [0.29, 0.717) is 6.04 Å². The lowest BCUT2D eigenvalue weighted by Gasteiger charge is -2.06. The van der Waals surface area contributed by atoms with Gasteiger partial charge in [0.05, 0.1) is 17.4 Å². The molecule has 0 unspecified atom stereocenters. The SMILES string of the molecule is c1ccc2c(c1)nnn2-c1cncc(CNC2CC2)c1. The highest BCUT2D eigenvalue weighted by Crippen LogP contribution is 2.20. The summed E-state index contributed by atoms with van der Waals surface area (Å²) < 4.78 is 1.84. The second kappa shape index (κ2) is 4.68. The van der Waals surface area contributed by atoms with Crippen molar-refractivity contribution in [1.82, 2.24) is 25.3 Å². The van der Waals surface area contributed by atoms with Crippen molar-refractivity contribution in [2.75, 3.05) is 0 Å². The summed E-state index contributed by atoms with van der Waals surface area (Å²) in [4.78, 5) is 4.32. The molecule has 2 heterocycles. The number of hydrogen-bond acceptors (Lipinski definition) is 4. The van der Waals surface area contributed by atoms with Crippen LogP contribution < -0.4 is 5.32 Å². The summed E-state index contributed by atoms with van der Waals surface area (Å²) in [5, 5.41) is 11.9. The Kier molecular flexibility index (Phi) is 2.70. The molecule has 0 bridgehead atoms. The van der Waals surface area contributed by atoms with Crippen LogP contribution in [0.25, 0.3) is 16.7 Å². The Balaban J connectivity index is 1.68. The van der Waals surface area contributed by atoms with E-state index in [-0.39, 0.29) is 0 Å². The number of aromatic nitrogens is 4. The first-order valence-electron chi connectivity index (χ1n) is 6.88. The molecular weight excluding hydrogens is 250 g/mol. The molecule has 0 saturated heterocycles. The van der Waals surface area contributed by atoms with E-state index in [0.717, 1.165) is 23.3 Å². The fourth-order valence-corrected chi connectivity index (χ4v) is 2.30. The molecule has 0 atom stereocenters. The number of benzene rings is 1. The maximum Gasteiger partial charge on any atom is 0.113 e. The van der Waals surface area contributed by atoms with Gasteiger partial charge in [-0.1, -0.05) is 17.3 Å². The van der Waals surface area contributed by atoms with Crippen LogP contribution in [0.5, 0.6) is 0 Å². The molecule has 1 fully saturated rings. The fourth-order valence-electron chi connectivity index (χ4n) is 2.30. The van der Waals surface area contributed by atoms with E-state index >= 15 is 0 Å². The van der Waals surface area contributed by atoms with Crippen LogP contribution in [-0.2, 0) is 6.54 Å². The van der Waals surface area contributed by atoms with Crippen molar-refractivity contribution in [1.29, 1.82) is 0 Å². The first kappa shape index (κ1) is 11.5. The summed E-state index contributed by atoms with van der Waals surface area (Å²) in [6.45, 7) is 0.859. The van der Waals surface area contributed by atoms with E-state index in [1.165, 1.54) is 18.4 Å². The summed E-state index contributed by atoms with van der Waals surface area (Å²) in [6, 6.07) is 10.8. The van der Waals surface area contributed by atoms with Crippen LogP contribution in [0.2, 0.25) is 0 Å². The Hall–Kier alpha value is -2.27. The minimum atomic E-state index is 0.700. The third kappa shape index (κ3) is 2.16. The minimum Gasteiger partial charge on any atom is -0.310 e. The van der Waals surface area contributed by atoms with Gasteiger partial charge in [-0.05, 0) is 36.6 Å². The number of nitrogens with zero attached hydrogens (tertiary/aromatic N) is 4. The maximum atomic E-state index is 4.32. The van der Waals surface area contributed by atoms with Gasteiger partial charge in [0.25, 0.3) is 0 Å². The van der Waals surface area contributed by atoms with E-state index in [1.54, 1.807) is 0 Å². The van der Waals surface area contributed by atoms with Crippen LogP contribution >= 0.6 is 0 Å². The molecule has 2 aromatic heterocycles. The molecule has 4 rings (SSSR count). The van der Waals surface area contributed by atoms with E-state index < -0.39 is 0 Å². The number of hydrogen-bond donors (Lipinski definition) is 1. The average Bonchev–Trinajstić information content (AvgIpc) is 3.23. The molecule has 1 saturated carbocycles. The fraction of sp³-hybridized carbons (Fsp3) is 0.267. The van der Waals surface area contributed by atoms with Crippen molar-refractivity contribution < 1.29 is 0 Å². The largest absolute Gasteiger partial charge is 0.310 e. The monoisotopic (exact) mass is 265 g/mol. The highest BCUT2D eigenvalue weighted by atomic mass is 15.4. The van der Waals surface area contributed by atoms with Crippen molar-refractivity contribution in [2.45, 2.75) is 25.4 Å². The maximum absolute atomic E-state index is 4.32. The molecule has 0 aliphatic heterocycles. The second-order valence-corrected chi connectivity index (χ2v) is 5.20. The summed E-state index contributed by atoms with van der Waals surface area (Å²) >= 11 is 0. The van der Waals surface area contributed by atoms with Gasteiger partial charge >= 0.3 is 0 Å². The normalized spacial score (nSPS) is 14.8. The molecule has 1 aliphatic carbocycles. The summed E-state index contributed by atoms with van der Waals surface area (Å²) in [5.41, 5.74) is 4.03. The lowest BCUT2D eigenvalue weighted by molar-refractivity contribution is 0.684. The van der Waals surface area contributed by atoms with Crippen LogP contribution in [0.3, 0.4) is 0 Å². The molecule has 0 amide bonds. The van der Waals surface area contributed by atoms with Crippen LogP contribution in [0.15, 0.2) is 42.7 Å². The van der Waals surface area contributed by atoms with Crippen LogP contribution in [0, 0.1) is 0 Å². The predicted molar refractivity (Wildman–Crippen MR) is 76.5 cm³/mol. The first-order chi connectivity index (χ1) is 9.90. The van der Waals surface area contributed by atoms with Gasteiger partial charge in [0.15, 0.2) is 0 Å². The highest BCUT2D eigenvalue weighted by Gasteiger charge is 2.20. The quantitative estimate of drug-likeness (QED) is 0.784. The van der Waals surface area contributed by atoms with Gasteiger partial charge in [-0.15, -0.1) is 5.10 Å². The van der Waals surface area contributed by atoms with Gasteiger partial charge < -0.3 is 5.32 Å². The molecule has 5 nitrogen and oxygen atoms in total. The zero-order chi connectivity index (χ0) is 13.4. The topological polar surface area (TPSA) is 55.6 Å². The van der Waals surface area contributed by atoms with Crippen LogP contribution in [-0.4, -0.2) is 26.0 Å². The molecule has 0 radical (unpaired) electrons. The molecule has 0 spiro atoms. The second-order valence-electron chi connectivity index (χ2n) is 5.20. The lowest BCUT2D eigenvalue weighted by Crippen LogP contribution is -2.15. The van der Waals surface area contributed by atoms with Crippen molar-refractivity contribution in [3.05, 3.63) is 48.3 Å². The minimum absolute atomic E-state index is 0.700. The smallest absolute Gasteiger partial charge is 0.113 e. The van der Waals surface area contributed by atoms with Crippen molar-refractivity contribution in [3.63, 3.8) is 0 Å². The Labute approximate surface area is 116 Å². The number of para-hydroxylation sites is 1. The Bertz CT molecular complexity index is 745. The van der Waals surface area contributed by atoms with Crippen molar-refractivity contribution in [3.8, 4) is 5.69 Å². The third-order valence-electron chi connectivity index (χ3n) is 3.55. The summed E-state index contributed by atoms with van der Waals surface area (Å²) in [7, 11) is 0. The highest BCUT2D eigenvalue weighted by molar-refractivity contribution is 5.75. The van der Waals surface area contributed by atoms with Gasteiger partial charge in [0.2, 0.25) is 0 Å². The van der Waals surface area contributed by atoms with E-state index in [4.69, 9.17) is 0 Å². The number of rotatable bonds is 4. The average molecular weight is 265 g/mol. The Morgan fingerprint density at radius 3 is 3.00 bits per heavy atom. The molecule has 3 aromatic rings. The van der Waals surface area contributed by atoms with Gasteiger partial charge in [0.1, 0.15) is 5.52 Å². The lowest BCUT2D eigenvalue weighted by atomic mass is 10.2. The third-order valence-corrected chi connectivity index (χ3v) is 3.55. The standard InChI is InChI=1S/C15H15N5/c1-2-4-15-14(3-1)18-19-20(15)13-7-11(8-16-10-13)9-17-12-5-6-12/h1-4,7-8,10,12,17H,5-6,9H2. The Morgan fingerprint density at radius 2 is 2.10 bits per heavy atom. The first-order valence-corrected chi connectivity index (χ1v) is 6.88. The molecule has 5 heteroatoms. The zero-order valence-corrected chi connectivity index (χ0v) is 11.0. The number of nitrogens with one attached hydrogen (secondary N) is 1. The molecule has 1 aliphatic rings. The zero-order valence-electron chi connectivity index (χ0n) is 11.0. The molecule has 20 heavy (non-hydrogen) atoms. The molecular formula is C15H15N5. The van der Waals surface area contributed by atoms with Crippen molar-refractivity contribution >= 4 is 11.0 Å². The van der Waals surface area contributed by atoms with Gasteiger partial charge in [-0.3, -0.25) is 4.98 Å². The summed E-state index contributed by atoms with van der Waals surface area (Å²) in [6.07, 6.45) is 6.31. The van der Waals surface area contributed by atoms with E-state index in [9.17, 15) is 0 Å². The Morgan fingerprint density at radius 1 is 1.20 bits per heavy atom. The number of pyridine rings is 1. The molecule has 1 N–H and O–H groups in total. The number of fused-ring (bicyclic) bond motifs is 1. The van der Waals surface area contributed by atoms with Gasteiger partial charge in [-0.2, -0.15) is 0 Å². The van der Waals surface area contributed by atoms with Gasteiger partial charge in [-0.25, -0.2) is 4.68 Å². The summed E-state index contributed by atoms with van der Waals surface area (Å²) in [5.74, 6) is 0. The van der Waals surface area contributed by atoms with Crippen LogP contribution in [0.4, 0.5) is 0 Å². The van der Waals surface area contributed by atoms with E-state index in [1.807, 2.05) is 41.3 Å². The molecule has 1 aromatic carbocycles. The van der Waals surface area contributed by atoms with Crippen molar-refractivity contribution in [2.24, 2.45) is 0 Å². The predicted octanol–water partition coefficient (Wildman–Crippen LogP) is 2.07. The van der Waals surface area contributed by atoms with Gasteiger partial charge in [0, 0.05) is 18.8 Å².